The van der Waals surface area contributed by atoms with E-state index in [2.05, 4.69) is 25.6 Å². The molecular formula is C16H23N5O2S. The van der Waals surface area contributed by atoms with Crippen LogP contribution in [0.4, 0.5) is 0 Å². The number of imidazole rings is 1. The van der Waals surface area contributed by atoms with Crippen LogP contribution < -0.4 is 10.6 Å². The number of sulfone groups is 1. The average Bonchev–Trinajstić information content (AvgIpc) is 3.09. The first kappa shape index (κ1) is 16.8. The Morgan fingerprint density at radius 2 is 2.25 bits per heavy atom. The second kappa shape index (κ2) is 7.21. The number of rotatable bonds is 5. The zero-order chi connectivity index (χ0) is 17.0. The molecule has 0 amide bonds. The number of guanidine groups is 1. The molecule has 1 aliphatic heterocycles. The molecule has 8 heteroatoms. The predicted octanol–water partition coefficient (Wildman–Crippen LogP) is 0.848. The number of nitrogens with zero attached hydrogens (tertiary/aromatic N) is 2. The molecule has 7 nitrogen and oxygen atoms in total. The standard InChI is InChI=1S/C16H23N5O2S/c1-2-17-16(19-12-8-10-24(22,23)11-12)18-9-7-15-20-13-5-3-4-6-14(13)21-15/h3-6,12H,2,7-11H2,1H3,(H,20,21)(H2,17,18,19). The molecule has 0 bridgehead atoms. The maximum absolute atomic E-state index is 11.6. The molecule has 0 spiro atoms. The van der Waals surface area contributed by atoms with E-state index in [4.69, 9.17) is 0 Å². The first-order valence-corrected chi connectivity index (χ1v) is 10.1. The fraction of sp³-hybridized carbons (Fsp3) is 0.500. The van der Waals surface area contributed by atoms with Crippen molar-refractivity contribution in [2.75, 3.05) is 24.6 Å². The molecule has 1 saturated heterocycles. The van der Waals surface area contributed by atoms with Gasteiger partial charge in [-0.15, -0.1) is 0 Å². The lowest BCUT2D eigenvalue weighted by Gasteiger charge is -2.15. The Morgan fingerprint density at radius 1 is 1.42 bits per heavy atom. The number of aliphatic imine (C=N–C) groups is 1. The van der Waals surface area contributed by atoms with Crippen molar-refractivity contribution in [1.82, 2.24) is 20.6 Å². The van der Waals surface area contributed by atoms with Gasteiger partial charge in [0.25, 0.3) is 0 Å². The highest BCUT2D eigenvalue weighted by Gasteiger charge is 2.28. The van der Waals surface area contributed by atoms with Crippen molar-refractivity contribution in [3.63, 3.8) is 0 Å². The van der Waals surface area contributed by atoms with Crippen molar-refractivity contribution in [1.29, 1.82) is 0 Å². The van der Waals surface area contributed by atoms with Gasteiger partial charge in [-0.1, -0.05) is 12.1 Å². The van der Waals surface area contributed by atoms with Crippen LogP contribution in [0.3, 0.4) is 0 Å². The number of aromatic amines is 1. The van der Waals surface area contributed by atoms with Crippen LogP contribution in [-0.2, 0) is 16.3 Å². The molecule has 0 aliphatic carbocycles. The minimum absolute atomic E-state index is 0.0565. The summed E-state index contributed by atoms with van der Waals surface area (Å²) in [6.45, 7) is 3.30. The molecule has 3 rings (SSSR count). The molecule has 0 saturated carbocycles. The minimum Gasteiger partial charge on any atom is -0.357 e. The lowest BCUT2D eigenvalue weighted by Crippen LogP contribution is -2.44. The van der Waals surface area contributed by atoms with Crippen molar-refractivity contribution in [2.24, 2.45) is 4.99 Å². The van der Waals surface area contributed by atoms with Gasteiger partial charge in [0, 0.05) is 25.6 Å². The summed E-state index contributed by atoms with van der Waals surface area (Å²) in [6, 6.07) is 7.87. The van der Waals surface area contributed by atoms with Gasteiger partial charge >= 0.3 is 0 Å². The highest BCUT2D eigenvalue weighted by atomic mass is 32.2. The van der Waals surface area contributed by atoms with Crippen LogP contribution >= 0.6 is 0 Å². The van der Waals surface area contributed by atoms with Crippen LogP contribution in [-0.4, -0.2) is 55.0 Å². The normalized spacial score (nSPS) is 20.4. The molecule has 3 N–H and O–H groups in total. The zero-order valence-corrected chi connectivity index (χ0v) is 14.6. The Kier molecular flexibility index (Phi) is 5.03. The molecule has 2 heterocycles. The Hall–Kier alpha value is -2.09. The van der Waals surface area contributed by atoms with E-state index < -0.39 is 9.84 Å². The number of hydrogen-bond acceptors (Lipinski definition) is 4. The summed E-state index contributed by atoms with van der Waals surface area (Å²) in [4.78, 5) is 12.3. The van der Waals surface area contributed by atoms with E-state index in [1.165, 1.54) is 0 Å². The fourth-order valence-corrected chi connectivity index (χ4v) is 4.49. The average molecular weight is 349 g/mol. The van der Waals surface area contributed by atoms with Crippen LogP contribution in [0.5, 0.6) is 0 Å². The third-order valence-electron chi connectivity index (χ3n) is 3.97. The largest absolute Gasteiger partial charge is 0.357 e. The van der Waals surface area contributed by atoms with Gasteiger partial charge < -0.3 is 15.6 Å². The summed E-state index contributed by atoms with van der Waals surface area (Å²) < 4.78 is 23.1. The Balaban J connectivity index is 1.59. The molecule has 1 aromatic carbocycles. The first-order valence-electron chi connectivity index (χ1n) is 8.24. The maximum atomic E-state index is 11.6. The van der Waals surface area contributed by atoms with Gasteiger partial charge in [-0.3, -0.25) is 4.99 Å². The Bertz CT molecular complexity index is 795. The predicted molar refractivity (Wildman–Crippen MR) is 96.0 cm³/mol. The third kappa shape index (κ3) is 4.25. The van der Waals surface area contributed by atoms with Gasteiger partial charge in [-0.2, -0.15) is 0 Å². The summed E-state index contributed by atoms with van der Waals surface area (Å²) in [5.41, 5.74) is 1.98. The molecule has 130 valence electrons. The maximum Gasteiger partial charge on any atom is 0.191 e. The minimum atomic E-state index is -2.89. The third-order valence-corrected chi connectivity index (χ3v) is 5.74. The van der Waals surface area contributed by atoms with E-state index in [0.717, 1.165) is 23.4 Å². The van der Waals surface area contributed by atoms with Gasteiger partial charge in [-0.05, 0) is 25.5 Å². The quantitative estimate of drug-likeness (QED) is 0.549. The van der Waals surface area contributed by atoms with E-state index in [-0.39, 0.29) is 17.5 Å². The topological polar surface area (TPSA) is 99.2 Å². The van der Waals surface area contributed by atoms with Crippen LogP contribution in [0.2, 0.25) is 0 Å². The summed E-state index contributed by atoms with van der Waals surface area (Å²) in [5, 5.41) is 6.38. The molecule has 2 aromatic rings. The van der Waals surface area contributed by atoms with Gasteiger partial charge in [0.05, 0.1) is 22.5 Å². The van der Waals surface area contributed by atoms with Gasteiger partial charge in [0.1, 0.15) is 5.82 Å². The molecule has 24 heavy (non-hydrogen) atoms. The molecule has 0 radical (unpaired) electrons. The van der Waals surface area contributed by atoms with E-state index in [1.807, 2.05) is 31.2 Å². The van der Waals surface area contributed by atoms with Gasteiger partial charge in [0.2, 0.25) is 0 Å². The Morgan fingerprint density at radius 3 is 2.96 bits per heavy atom. The number of H-pyrrole nitrogens is 1. The van der Waals surface area contributed by atoms with E-state index in [9.17, 15) is 8.42 Å². The number of nitrogens with one attached hydrogen (secondary N) is 3. The van der Waals surface area contributed by atoms with Crippen LogP contribution in [0, 0.1) is 0 Å². The lowest BCUT2D eigenvalue weighted by atomic mass is 10.3. The van der Waals surface area contributed by atoms with E-state index in [0.29, 0.717) is 25.3 Å². The second-order valence-corrected chi connectivity index (χ2v) is 8.18. The van der Waals surface area contributed by atoms with Crippen LogP contribution in [0.15, 0.2) is 29.3 Å². The van der Waals surface area contributed by atoms with Crippen molar-refractivity contribution in [2.45, 2.75) is 25.8 Å². The van der Waals surface area contributed by atoms with E-state index in [1.54, 1.807) is 0 Å². The monoisotopic (exact) mass is 349 g/mol. The van der Waals surface area contributed by atoms with Gasteiger partial charge in [-0.25, -0.2) is 13.4 Å². The summed E-state index contributed by atoms with van der Waals surface area (Å²) in [5.74, 6) is 2.00. The number of benzene rings is 1. The smallest absolute Gasteiger partial charge is 0.191 e. The number of para-hydroxylation sites is 2. The highest BCUT2D eigenvalue weighted by Crippen LogP contribution is 2.12. The number of fused-ring (bicyclic) bond motifs is 1. The van der Waals surface area contributed by atoms with Gasteiger partial charge in [0.15, 0.2) is 15.8 Å². The summed E-state index contributed by atoms with van der Waals surface area (Å²) in [6.07, 6.45) is 1.34. The molecule has 1 unspecified atom stereocenters. The SMILES string of the molecule is CCNC(=NCCc1nc2ccccc2[nH]1)NC1CCS(=O)(=O)C1. The highest BCUT2D eigenvalue weighted by molar-refractivity contribution is 7.91. The van der Waals surface area contributed by atoms with Crippen molar-refractivity contribution >= 4 is 26.8 Å². The first-order chi connectivity index (χ1) is 11.6. The molecular weight excluding hydrogens is 326 g/mol. The van der Waals surface area contributed by atoms with E-state index >= 15 is 0 Å². The molecule has 1 fully saturated rings. The second-order valence-electron chi connectivity index (χ2n) is 5.96. The lowest BCUT2D eigenvalue weighted by molar-refractivity contribution is 0.599. The molecule has 1 aromatic heterocycles. The van der Waals surface area contributed by atoms with Crippen molar-refractivity contribution in [3.05, 3.63) is 30.1 Å². The molecule has 1 atom stereocenters. The molecule has 1 aliphatic rings. The van der Waals surface area contributed by atoms with Crippen LogP contribution in [0.1, 0.15) is 19.2 Å². The van der Waals surface area contributed by atoms with Crippen LogP contribution in [0.25, 0.3) is 11.0 Å². The Labute approximate surface area is 141 Å². The van der Waals surface area contributed by atoms with Crippen molar-refractivity contribution in [3.8, 4) is 0 Å². The fourth-order valence-electron chi connectivity index (χ4n) is 2.82. The zero-order valence-electron chi connectivity index (χ0n) is 13.7. The van der Waals surface area contributed by atoms with Crippen molar-refractivity contribution < 1.29 is 8.42 Å². The number of aromatic nitrogens is 2. The summed E-state index contributed by atoms with van der Waals surface area (Å²) >= 11 is 0. The number of hydrogen-bond donors (Lipinski definition) is 3. The summed E-state index contributed by atoms with van der Waals surface area (Å²) in [7, 11) is -2.89.